The number of pyridine rings is 1. The first-order valence-electron chi connectivity index (χ1n) is 4.94. The fraction of sp³-hybridized carbons (Fsp3) is 0. The molecule has 0 saturated heterocycles. The molecule has 6 heteroatoms. The zero-order chi connectivity index (χ0) is 13.3. The van der Waals surface area contributed by atoms with Gasteiger partial charge in [-0.15, -0.1) is 0 Å². The number of nitrogens with two attached hydrogens (primary N) is 1. The van der Waals surface area contributed by atoms with Crippen LogP contribution in [0, 0.1) is 0 Å². The summed E-state index contributed by atoms with van der Waals surface area (Å²) in [5.41, 5.74) is 6.85. The molecular weight excluding hydrogens is 275 g/mol. The molecular formula is C12H8Cl2N2O2. The first-order valence-corrected chi connectivity index (χ1v) is 5.70. The number of hydrogen-bond acceptors (Lipinski definition) is 3. The maximum absolute atomic E-state index is 11.2. The molecule has 92 valence electrons. The van der Waals surface area contributed by atoms with Gasteiger partial charge < -0.3 is 10.8 Å². The third-order valence-electron chi connectivity index (χ3n) is 2.35. The summed E-state index contributed by atoms with van der Waals surface area (Å²) in [7, 11) is 0. The summed E-state index contributed by atoms with van der Waals surface area (Å²) in [6.45, 7) is 0. The topological polar surface area (TPSA) is 76.2 Å². The number of benzene rings is 1. The summed E-state index contributed by atoms with van der Waals surface area (Å²) in [6.07, 6.45) is 0. The lowest BCUT2D eigenvalue weighted by Crippen LogP contribution is -2.06. The van der Waals surface area contributed by atoms with Crippen molar-refractivity contribution in [2.24, 2.45) is 0 Å². The molecule has 3 N–H and O–H groups in total. The van der Waals surface area contributed by atoms with E-state index in [0.29, 0.717) is 16.1 Å². The second kappa shape index (κ2) is 4.84. The van der Waals surface area contributed by atoms with Crippen molar-refractivity contribution in [1.82, 2.24) is 4.98 Å². The van der Waals surface area contributed by atoms with Crippen molar-refractivity contribution in [3.05, 3.63) is 46.2 Å². The van der Waals surface area contributed by atoms with Gasteiger partial charge >= 0.3 is 5.97 Å². The van der Waals surface area contributed by atoms with Gasteiger partial charge in [-0.3, -0.25) is 0 Å². The second-order valence-electron chi connectivity index (χ2n) is 3.57. The highest BCUT2D eigenvalue weighted by Crippen LogP contribution is 2.31. The standard InChI is InChI=1S/C12H8Cl2N2O2/c13-7-3-1-6(2-4-7)10-8(15)5-9(14)16-11(10)12(17)18/h1-5H,(H2,15,16)(H,17,18). The summed E-state index contributed by atoms with van der Waals surface area (Å²) in [5, 5.41) is 9.72. The van der Waals surface area contributed by atoms with E-state index in [1.165, 1.54) is 6.07 Å². The van der Waals surface area contributed by atoms with Gasteiger partial charge in [0.2, 0.25) is 0 Å². The van der Waals surface area contributed by atoms with Crippen LogP contribution in [0.25, 0.3) is 11.1 Å². The highest BCUT2D eigenvalue weighted by Gasteiger charge is 2.17. The van der Waals surface area contributed by atoms with Crippen LogP contribution < -0.4 is 5.73 Å². The Morgan fingerprint density at radius 2 is 1.83 bits per heavy atom. The van der Waals surface area contributed by atoms with Crippen LogP contribution in [-0.2, 0) is 0 Å². The van der Waals surface area contributed by atoms with Gasteiger partial charge in [-0.2, -0.15) is 0 Å². The number of nitrogen functional groups attached to an aromatic ring is 1. The Hall–Kier alpha value is -1.78. The highest BCUT2D eigenvalue weighted by molar-refractivity contribution is 6.31. The molecule has 2 rings (SSSR count). The van der Waals surface area contributed by atoms with Crippen molar-refractivity contribution < 1.29 is 9.90 Å². The van der Waals surface area contributed by atoms with Crippen molar-refractivity contribution in [2.45, 2.75) is 0 Å². The third kappa shape index (κ3) is 2.39. The largest absolute Gasteiger partial charge is 0.476 e. The molecule has 0 atom stereocenters. The summed E-state index contributed by atoms with van der Waals surface area (Å²) >= 11 is 11.5. The van der Waals surface area contributed by atoms with E-state index in [-0.39, 0.29) is 16.5 Å². The first-order chi connectivity index (χ1) is 8.49. The maximum atomic E-state index is 11.2. The smallest absolute Gasteiger partial charge is 0.355 e. The molecule has 18 heavy (non-hydrogen) atoms. The molecule has 0 saturated carbocycles. The van der Waals surface area contributed by atoms with E-state index in [1.807, 2.05) is 0 Å². The van der Waals surface area contributed by atoms with Gasteiger partial charge in [0.1, 0.15) is 5.15 Å². The zero-order valence-corrected chi connectivity index (χ0v) is 10.5. The van der Waals surface area contributed by atoms with Crippen LogP contribution in [-0.4, -0.2) is 16.1 Å². The van der Waals surface area contributed by atoms with Gasteiger partial charge in [0.25, 0.3) is 0 Å². The van der Waals surface area contributed by atoms with Crippen LogP contribution in [0.2, 0.25) is 10.2 Å². The Morgan fingerprint density at radius 1 is 1.22 bits per heavy atom. The predicted octanol–water partition coefficient (Wildman–Crippen LogP) is 3.34. The average Bonchev–Trinajstić information content (AvgIpc) is 2.29. The molecule has 0 amide bonds. The SMILES string of the molecule is Nc1cc(Cl)nc(C(=O)O)c1-c1ccc(Cl)cc1. The third-order valence-corrected chi connectivity index (χ3v) is 2.80. The van der Waals surface area contributed by atoms with Gasteiger partial charge in [-0.1, -0.05) is 35.3 Å². The maximum Gasteiger partial charge on any atom is 0.355 e. The Labute approximate surface area is 113 Å². The number of rotatable bonds is 2. The fourth-order valence-corrected chi connectivity index (χ4v) is 1.93. The van der Waals surface area contributed by atoms with Gasteiger partial charge in [0.05, 0.1) is 0 Å². The Morgan fingerprint density at radius 3 is 2.39 bits per heavy atom. The Balaban J connectivity index is 2.69. The van der Waals surface area contributed by atoms with E-state index in [2.05, 4.69) is 4.98 Å². The van der Waals surface area contributed by atoms with Crippen LogP contribution in [0.1, 0.15) is 10.5 Å². The minimum atomic E-state index is -1.19. The van der Waals surface area contributed by atoms with E-state index >= 15 is 0 Å². The first kappa shape index (κ1) is 12.7. The highest BCUT2D eigenvalue weighted by atomic mass is 35.5. The lowest BCUT2D eigenvalue weighted by Gasteiger charge is -2.09. The number of nitrogens with zero attached hydrogens (tertiary/aromatic N) is 1. The number of aromatic nitrogens is 1. The molecule has 0 fully saturated rings. The van der Waals surface area contributed by atoms with Crippen molar-refractivity contribution >= 4 is 34.9 Å². The van der Waals surface area contributed by atoms with Crippen LogP contribution >= 0.6 is 23.2 Å². The van der Waals surface area contributed by atoms with E-state index in [1.54, 1.807) is 24.3 Å². The molecule has 1 heterocycles. The average molecular weight is 283 g/mol. The summed E-state index contributed by atoms with van der Waals surface area (Å²) < 4.78 is 0. The second-order valence-corrected chi connectivity index (χ2v) is 4.39. The molecule has 0 aliphatic carbocycles. The van der Waals surface area contributed by atoms with E-state index < -0.39 is 5.97 Å². The molecule has 4 nitrogen and oxygen atoms in total. The van der Waals surface area contributed by atoms with Gasteiger partial charge in [-0.25, -0.2) is 9.78 Å². The number of aromatic carboxylic acids is 1. The van der Waals surface area contributed by atoms with Crippen molar-refractivity contribution in [1.29, 1.82) is 0 Å². The van der Waals surface area contributed by atoms with E-state index in [4.69, 9.17) is 34.0 Å². The molecule has 1 aromatic heterocycles. The Bertz CT molecular complexity index is 612. The van der Waals surface area contributed by atoms with Crippen molar-refractivity contribution in [3.63, 3.8) is 0 Å². The van der Waals surface area contributed by atoms with Gasteiger partial charge in [0, 0.05) is 16.3 Å². The molecule has 0 unspecified atom stereocenters. The lowest BCUT2D eigenvalue weighted by atomic mass is 10.0. The number of carbonyl (C=O) groups is 1. The number of hydrogen-bond donors (Lipinski definition) is 2. The molecule has 0 radical (unpaired) electrons. The summed E-state index contributed by atoms with van der Waals surface area (Å²) in [6, 6.07) is 8.07. The quantitative estimate of drug-likeness (QED) is 0.829. The number of halogens is 2. The summed E-state index contributed by atoms with van der Waals surface area (Å²) in [4.78, 5) is 14.9. The molecule has 1 aromatic carbocycles. The zero-order valence-electron chi connectivity index (χ0n) is 9.02. The van der Waals surface area contributed by atoms with Gasteiger partial charge in [-0.05, 0) is 23.8 Å². The Kier molecular flexibility index (Phi) is 3.41. The lowest BCUT2D eigenvalue weighted by molar-refractivity contribution is 0.0691. The van der Waals surface area contributed by atoms with Crippen LogP contribution in [0.3, 0.4) is 0 Å². The molecule has 0 aliphatic heterocycles. The summed E-state index contributed by atoms with van der Waals surface area (Å²) in [5.74, 6) is -1.19. The van der Waals surface area contributed by atoms with Crippen molar-refractivity contribution in [2.75, 3.05) is 5.73 Å². The minimum Gasteiger partial charge on any atom is -0.476 e. The monoisotopic (exact) mass is 282 g/mol. The number of carboxylic acid groups (broad SMARTS) is 1. The predicted molar refractivity (Wildman–Crippen MR) is 71.1 cm³/mol. The van der Waals surface area contributed by atoms with E-state index in [0.717, 1.165) is 0 Å². The minimum absolute atomic E-state index is 0.0441. The van der Waals surface area contributed by atoms with Gasteiger partial charge in [0.15, 0.2) is 5.69 Å². The fourth-order valence-electron chi connectivity index (χ4n) is 1.61. The van der Waals surface area contributed by atoms with Crippen molar-refractivity contribution in [3.8, 4) is 11.1 Å². The van der Waals surface area contributed by atoms with E-state index in [9.17, 15) is 4.79 Å². The number of carboxylic acids is 1. The van der Waals surface area contributed by atoms with Crippen LogP contribution in [0.4, 0.5) is 5.69 Å². The normalized spacial score (nSPS) is 10.3. The molecule has 0 spiro atoms. The molecule has 0 bridgehead atoms. The van der Waals surface area contributed by atoms with Crippen LogP contribution in [0.15, 0.2) is 30.3 Å². The number of anilines is 1. The van der Waals surface area contributed by atoms with Crippen LogP contribution in [0.5, 0.6) is 0 Å². The molecule has 2 aromatic rings. The molecule has 0 aliphatic rings.